The Kier molecular flexibility index (Phi) is 6.73. The highest BCUT2D eigenvalue weighted by atomic mass is 16.4. The highest BCUT2D eigenvalue weighted by molar-refractivity contribution is 6.21. The van der Waals surface area contributed by atoms with Crippen LogP contribution < -0.4 is 0 Å². The van der Waals surface area contributed by atoms with Crippen LogP contribution in [0.15, 0.2) is 24.3 Å². The molecule has 1 unspecified atom stereocenters. The highest BCUT2D eigenvalue weighted by Gasteiger charge is 2.34. The summed E-state index contributed by atoms with van der Waals surface area (Å²) in [5, 5.41) is 9.23. The molecule has 1 aromatic rings. The molecule has 1 atom stereocenters. The molecular weight excluding hydrogens is 318 g/mol. The van der Waals surface area contributed by atoms with Crippen molar-refractivity contribution in [3.8, 4) is 0 Å². The number of benzene rings is 1. The second-order valence-corrected chi connectivity index (χ2v) is 7.18. The van der Waals surface area contributed by atoms with Gasteiger partial charge in [-0.25, -0.2) is 0 Å². The molecule has 5 nitrogen and oxygen atoms in total. The second-order valence-electron chi connectivity index (χ2n) is 7.18. The van der Waals surface area contributed by atoms with Gasteiger partial charge in [-0.2, -0.15) is 0 Å². The maximum absolute atomic E-state index is 12.2. The minimum Gasteiger partial charge on any atom is -0.481 e. The predicted octanol–water partition coefficient (Wildman–Crippen LogP) is 3.98. The summed E-state index contributed by atoms with van der Waals surface area (Å²) in [4.78, 5) is 37.0. The van der Waals surface area contributed by atoms with Crippen LogP contribution in [0.25, 0.3) is 0 Å². The Morgan fingerprint density at radius 3 is 2.08 bits per heavy atom. The van der Waals surface area contributed by atoms with E-state index in [1.165, 1.54) is 4.90 Å². The number of carboxylic acids is 1. The molecule has 25 heavy (non-hydrogen) atoms. The quantitative estimate of drug-likeness (QED) is 0.514. The summed E-state index contributed by atoms with van der Waals surface area (Å²) in [6, 6.07) is 6.92. The highest BCUT2D eigenvalue weighted by Crippen LogP contribution is 2.23. The number of carbonyl (C=O) groups excluding carboxylic acids is 2. The minimum atomic E-state index is -0.709. The number of imide groups is 1. The maximum Gasteiger partial charge on any atom is 0.306 e. The molecule has 1 aliphatic rings. The molecule has 1 aliphatic heterocycles. The van der Waals surface area contributed by atoms with Crippen LogP contribution in [0.3, 0.4) is 0 Å². The largest absolute Gasteiger partial charge is 0.481 e. The van der Waals surface area contributed by atoms with Crippen molar-refractivity contribution in [1.29, 1.82) is 0 Å². The number of rotatable bonds is 10. The number of unbranched alkanes of at least 4 members (excludes halogenated alkanes) is 3. The van der Waals surface area contributed by atoms with Gasteiger partial charge in [-0.05, 0) is 37.3 Å². The molecule has 0 spiro atoms. The van der Waals surface area contributed by atoms with Crippen LogP contribution in [0.5, 0.6) is 0 Å². The van der Waals surface area contributed by atoms with Gasteiger partial charge in [0.05, 0.1) is 17.0 Å². The van der Waals surface area contributed by atoms with Crippen LogP contribution in [0, 0.1) is 11.8 Å². The summed E-state index contributed by atoms with van der Waals surface area (Å²) in [6.45, 7) is 4.51. The fraction of sp³-hybridized carbons (Fsp3) is 0.550. The van der Waals surface area contributed by atoms with E-state index in [2.05, 4.69) is 0 Å². The molecule has 0 saturated heterocycles. The zero-order chi connectivity index (χ0) is 18.4. The first-order valence-corrected chi connectivity index (χ1v) is 9.09. The molecular formula is C20H27NO4. The molecule has 1 N–H and O–H groups in total. The third-order valence-electron chi connectivity index (χ3n) is 4.67. The van der Waals surface area contributed by atoms with E-state index >= 15 is 0 Å². The van der Waals surface area contributed by atoms with Gasteiger partial charge in [0.15, 0.2) is 0 Å². The predicted molar refractivity (Wildman–Crippen MR) is 95.5 cm³/mol. The SMILES string of the molecule is CC(C)CC(CCCCCCN1C(=O)c2ccccc2C1=O)C(=O)O. The first kappa shape index (κ1) is 19.2. The number of hydrogen-bond donors (Lipinski definition) is 1. The van der Waals surface area contributed by atoms with Crippen molar-refractivity contribution in [3.63, 3.8) is 0 Å². The molecule has 0 aromatic heterocycles. The lowest BCUT2D eigenvalue weighted by molar-refractivity contribution is -0.142. The van der Waals surface area contributed by atoms with Crippen LogP contribution in [0.2, 0.25) is 0 Å². The van der Waals surface area contributed by atoms with Crippen LogP contribution >= 0.6 is 0 Å². The Balaban J connectivity index is 1.69. The van der Waals surface area contributed by atoms with Gasteiger partial charge in [-0.1, -0.05) is 45.2 Å². The number of amides is 2. The van der Waals surface area contributed by atoms with Crippen molar-refractivity contribution < 1.29 is 19.5 Å². The molecule has 0 radical (unpaired) electrons. The molecule has 0 aliphatic carbocycles. The minimum absolute atomic E-state index is 0.205. The lowest BCUT2D eigenvalue weighted by Crippen LogP contribution is -2.30. The van der Waals surface area contributed by atoms with Gasteiger partial charge < -0.3 is 5.11 Å². The Morgan fingerprint density at radius 1 is 1.00 bits per heavy atom. The van der Waals surface area contributed by atoms with Gasteiger partial charge in [-0.15, -0.1) is 0 Å². The zero-order valence-corrected chi connectivity index (χ0v) is 15.0. The summed E-state index contributed by atoms with van der Waals surface area (Å²) in [6.07, 6.45) is 4.84. The Hall–Kier alpha value is -2.17. The third kappa shape index (κ3) is 4.91. The van der Waals surface area contributed by atoms with E-state index in [0.717, 1.165) is 25.7 Å². The fourth-order valence-corrected chi connectivity index (χ4v) is 3.37. The fourth-order valence-electron chi connectivity index (χ4n) is 3.37. The summed E-state index contributed by atoms with van der Waals surface area (Å²) in [5.74, 6) is -1.00. The normalized spacial score (nSPS) is 14.9. The van der Waals surface area contributed by atoms with Crippen LogP contribution in [0.4, 0.5) is 0 Å². The van der Waals surface area contributed by atoms with Crippen molar-refractivity contribution in [2.24, 2.45) is 11.8 Å². The topological polar surface area (TPSA) is 74.7 Å². The monoisotopic (exact) mass is 345 g/mol. The van der Waals surface area contributed by atoms with E-state index < -0.39 is 5.97 Å². The number of nitrogens with zero attached hydrogens (tertiary/aromatic N) is 1. The summed E-state index contributed by atoms with van der Waals surface area (Å²) in [7, 11) is 0. The molecule has 1 heterocycles. The molecule has 0 bridgehead atoms. The first-order chi connectivity index (χ1) is 11.9. The number of carboxylic acid groups (broad SMARTS) is 1. The van der Waals surface area contributed by atoms with E-state index in [1.54, 1.807) is 24.3 Å². The van der Waals surface area contributed by atoms with Crippen molar-refractivity contribution >= 4 is 17.8 Å². The van der Waals surface area contributed by atoms with Crippen molar-refractivity contribution in [3.05, 3.63) is 35.4 Å². The third-order valence-corrected chi connectivity index (χ3v) is 4.67. The molecule has 136 valence electrons. The number of fused-ring (bicyclic) bond motifs is 1. The van der Waals surface area contributed by atoms with Crippen LogP contribution in [-0.2, 0) is 4.79 Å². The van der Waals surface area contributed by atoms with E-state index in [9.17, 15) is 19.5 Å². The van der Waals surface area contributed by atoms with Crippen molar-refractivity contribution in [2.75, 3.05) is 6.54 Å². The number of hydrogen-bond acceptors (Lipinski definition) is 3. The number of carbonyl (C=O) groups is 3. The standard InChI is InChI=1S/C20H27NO4/c1-14(2)13-15(20(24)25)9-5-3-4-8-12-21-18(22)16-10-6-7-11-17(16)19(21)23/h6-7,10-11,14-15H,3-5,8-9,12-13H2,1-2H3,(H,24,25). The molecule has 2 amide bonds. The summed E-state index contributed by atoms with van der Waals surface area (Å²) in [5.41, 5.74) is 0.982. The van der Waals surface area contributed by atoms with Gasteiger partial charge in [-0.3, -0.25) is 19.3 Å². The molecule has 1 aromatic carbocycles. The van der Waals surface area contributed by atoms with Crippen LogP contribution in [-0.4, -0.2) is 34.3 Å². The smallest absolute Gasteiger partial charge is 0.306 e. The lowest BCUT2D eigenvalue weighted by atomic mass is 9.92. The maximum atomic E-state index is 12.2. The molecule has 0 saturated carbocycles. The summed E-state index contributed by atoms with van der Waals surface area (Å²) >= 11 is 0. The molecule has 5 heteroatoms. The van der Waals surface area contributed by atoms with E-state index in [1.807, 2.05) is 13.8 Å². The Labute approximate surface area is 149 Å². The average Bonchev–Trinajstić information content (AvgIpc) is 2.81. The number of aliphatic carboxylic acids is 1. The average molecular weight is 345 g/mol. The van der Waals surface area contributed by atoms with Crippen molar-refractivity contribution in [2.45, 2.75) is 52.4 Å². The zero-order valence-electron chi connectivity index (χ0n) is 15.0. The van der Waals surface area contributed by atoms with Gasteiger partial charge >= 0.3 is 5.97 Å². The van der Waals surface area contributed by atoms with Gasteiger partial charge in [0.1, 0.15) is 0 Å². The van der Waals surface area contributed by atoms with E-state index in [-0.39, 0.29) is 17.7 Å². The lowest BCUT2D eigenvalue weighted by Gasteiger charge is -2.15. The van der Waals surface area contributed by atoms with E-state index in [4.69, 9.17) is 0 Å². The molecule has 0 fully saturated rings. The van der Waals surface area contributed by atoms with Gasteiger partial charge in [0.2, 0.25) is 0 Å². The van der Waals surface area contributed by atoms with Gasteiger partial charge in [0.25, 0.3) is 11.8 Å². The Morgan fingerprint density at radius 2 is 1.56 bits per heavy atom. The first-order valence-electron chi connectivity index (χ1n) is 9.09. The van der Waals surface area contributed by atoms with E-state index in [0.29, 0.717) is 36.4 Å². The van der Waals surface area contributed by atoms with Gasteiger partial charge in [0, 0.05) is 6.54 Å². The second kappa shape index (κ2) is 8.79. The Bertz CT molecular complexity index is 603. The van der Waals surface area contributed by atoms with Crippen molar-refractivity contribution in [1.82, 2.24) is 4.90 Å². The summed E-state index contributed by atoms with van der Waals surface area (Å²) < 4.78 is 0. The van der Waals surface area contributed by atoms with Crippen LogP contribution in [0.1, 0.15) is 73.1 Å². The molecule has 2 rings (SSSR count).